The molecule has 1 aliphatic rings. The van der Waals surface area contributed by atoms with Gasteiger partial charge in [-0.15, -0.1) is 0 Å². The van der Waals surface area contributed by atoms with Gasteiger partial charge in [0, 0.05) is 24.6 Å². The van der Waals surface area contributed by atoms with E-state index in [4.69, 9.17) is 21.1 Å². The number of methoxy groups -OCH3 is 1. The van der Waals surface area contributed by atoms with E-state index in [0.29, 0.717) is 11.6 Å². The SMILES string of the molecule is COc1ccc2cc(CNC3CCOc4c(Cl)cccc43)ccc2c1. The van der Waals surface area contributed by atoms with Gasteiger partial charge in [0.2, 0.25) is 0 Å². The molecule has 1 heterocycles. The minimum absolute atomic E-state index is 0.258. The van der Waals surface area contributed by atoms with Crippen molar-refractivity contribution in [3.63, 3.8) is 0 Å². The van der Waals surface area contributed by atoms with Gasteiger partial charge in [0.05, 0.1) is 18.7 Å². The standard InChI is InChI=1S/C21H20ClNO2/c1-24-17-8-7-15-11-14(5-6-16(15)12-17)13-23-20-9-10-25-21-18(20)3-2-4-19(21)22/h2-8,11-12,20,23H,9-10,13H2,1H3. The molecule has 0 saturated heterocycles. The highest BCUT2D eigenvalue weighted by atomic mass is 35.5. The summed E-state index contributed by atoms with van der Waals surface area (Å²) < 4.78 is 11.0. The molecule has 3 aromatic rings. The first-order valence-electron chi connectivity index (χ1n) is 8.46. The van der Waals surface area contributed by atoms with Gasteiger partial charge in [0.1, 0.15) is 11.5 Å². The second-order valence-electron chi connectivity index (χ2n) is 6.28. The molecule has 0 aliphatic carbocycles. The fourth-order valence-corrected chi connectivity index (χ4v) is 3.59. The number of hydrogen-bond acceptors (Lipinski definition) is 3. The Morgan fingerprint density at radius 3 is 2.84 bits per heavy atom. The summed E-state index contributed by atoms with van der Waals surface area (Å²) >= 11 is 6.25. The highest BCUT2D eigenvalue weighted by Crippen LogP contribution is 2.37. The van der Waals surface area contributed by atoms with Gasteiger partial charge < -0.3 is 14.8 Å². The quantitative estimate of drug-likeness (QED) is 0.706. The van der Waals surface area contributed by atoms with E-state index in [1.54, 1.807) is 7.11 Å². The second-order valence-corrected chi connectivity index (χ2v) is 6.68. The Bertz CT molecular complexity index is 910. The van der Waals surface area contributed by atoms with Crippen molar-refractivity contribution in [2.45, 2.75) is 19.0 Å². The van der Waals surface area contributed by atoms with Crippen molar-refractivity contribution in [2.24, 2.45) is 0 Å². The molecule has 1 atom stereocenters. The van der Waals surface area contributed by atoms with E-state index < -0.39 is 0 Å². The third-order valence-electron chi connectivity index (χ3n) is 4.69. The Balaban J connectivity index is 1.52. The van der Waals surface area contributed by atoms with E-state index >= 15 is 0 Å². The molecule has 0 amide bonds. The first-order valence-corrected chi connectivity index (χ1v) is 8.83. The van der Waals surface area contributed by atoms with E-state index in [1.807, 2.05) is 18.2 Å². The fraction of sp³-hybridized carbons (Fsp3) is 0.238. The largest absolute Gasteiger partial charge is 0.497 e. The Morgan fingerprint density at radius 1 is 1.12 bits per heavy atom. The van der Waals surface area contributed by atoms with Crippen LogP contribution in [0.15, 0.2) is 54.6 Å². The topological polar surface area (TPSA) is 30.5 Å². The van der Waals surface area contributed by atoms with Crippen LogP contribution in [0, 0.1) is 0 Å². The summed E-state index contributed by atoms with van der Waals surface area (Å²) in [6.45, 7) is 1.49. The maximum atomic E-state index is 6.25. The highest BCUT2D eigenvalue weighted by Gasteiger charge is 2.22. The predicted octanol–water partition coefficient (Wildman–Crippen LogP) is 5.12. The van der Waals surface area contributed by atoms with Gasteiger partial charge in [-0.3, -0.25) is 0 Å². The molecule has 4 rings (SSSR count). The van der Waals surface area contributed by atoms with Crippen molar-refractivity contribution < 1.29 is 9.47 Å². The third kappa shape index (κ3) is 3.30. The molecule has 0 aromatic heterocycles. The molecule has 4 heteroatoms. The number of fused-ring (bicyclic) bond motifs is 2. The lowest BCUT2D eigenvalue weighted by atomic mass is 10.00. The summed E-state index contributed by atoms with van der Waals surface area (Å²) in [5.74, 6) is 1.70. The zero-order chi connectivity index (χ0) is 17.2. The van der Waals surface area contributed by atoms with Crippen LogP contribution in [0.3, 0.4) is 0 Å². The van der Waals surface area contributed by atoms with Crippen LogP contribution in [0.25, 0.3) is 10.8 Å². The van der Waals surface area contributed by atoms with Gasteiger partial charge in [-0.05, 0) is 40.6 Å². The van der Waals surface area contributed by atoms with Gasteiger partial charge >= 0.3 is 0 Å². The van der Waals surface area contributed by atoms with Crippen molar-refractivity contribution in [3.8, 4) is 11.5 Å². The lowest BCUT2D eigenvalue weighted by Gasteiger charge is -2.27. The normalized spacial score (nSPS) is 16.3. The zero-order valence-corrected chi connectivity index (χ0v) is 14.8. The molecule has 128 valence electrons. The number of hydrogen-bond donors (Lipinski definition) is 1. The molecular formula is C21H20ClNO2. The smallest absolute Gasteiger partial charge is 0.142 e. The predicted molar refractivity (Wildman–Crippen MR) is 102 cm³/mol. The Morgan fingerprint density at radius 2 is 1.96 bits per heavy atom. The van der Waals surface area contributed by atoms with Crippen LogP contribution in [0.4, 0.5) is 0 Å². The zero-order valence-electron chi connectivity index (χ0n) is 14.1. The summed E-state index contributed by atoms with van der Waals surface area (Å²) in [5, 5.41) is 6.73. The minimum Gasteiger partial charge on any atom is -0.497 e. The molecule has 0 radical (unpaired) electrons. The number of ether oxygens (including phenoxy) is 2. The van der Waals surface area contributed by atoms with Gasteiger partial charge in [0.15, 0.2) is 0 Å². The second kappa shape index (κ2) is 6.95. The molecule has 1 unspecified atom stereocenters. The molecule has 0 fully saturated rings. The maximum Gasteiger partial charge on any atom is 0.142 e. The maximum absolute atomic E-state index is 6.25. The van der Waals surface area contributed by atoms with Crippen molar-refractivity contribution >= 4 is 22.4 Å². The summed E-state index contributed by atoms with van der Waals surface area (Å²) in [5.41, 5.74) is 2.40. The van der Waals surface area contributed by atoms with Gasteiger partial charge in [-0.2, -0.15) is 0 Å². The number of benzene rings is 3. The number of nitrogens with one attached hydrogen (secondary N) is 1. The van der Waals surface area contributed by atoms with Crippen molar-refractivity contribution in [3.05, 3.63) is 70.7 Å². The van der Waals surface area contributed by atoms with Crippen LogP contribution in [-0.2, 0) is 6.54 Å². The van der Waals surface area contributed by atoms with Crippen LogP contribution in [-0.4, -0.2) is 13.7 Å². The molecule has 0 spiro atoms. The van der Waals surface area contributed by atoms with E-state index in [0.717, 1.165) is 30.0 Å². The average molecular weight is 354 g/mol. The number of halogens is 1. The number of para-hydroxylation sites is 1. The summed E-state index contributed by atoms with van der Waals surface area (Å²) in [4.78, 5) is 0. The third-order valence-corrected chi connectivity index (χ3v) is 4.99. The van der Waals surface area contributed by atoms with Crippen LogP contribution in [0.1, 0.15) is 23.6 Å². The molecule has 0 bridgehead atoms. The lowest BCUT2D eigenvalue weighted by molar-refractivity contribution is 0.252. The van der Waals surface area contributed by atoms with Gasteiger partial charge in [0.25, 0.3) is 0 Å². The van der Waals surface area contributed by atoms with Crippen LogP contribution in [0.5, 0.6) is 11.5 Å². The Kier molecular flexibility index (Phi) is 4.51. The Hall–Kier alpha value is -2.23. The summed E-state index contributed by atoms with van der Waals surface area (Å²) in [7, 11) is 1.69. The van der Waals surface area contributed by atoms with Crippen molar-refractivity contribution in [2.75, 3.05) is 13.7 Å². The highest BCUT2D eigenvalue weighted by molar-refractivity contribution is 6.32. The van der Waals surface area contributed by atoms with Crippen LogP contribution >= 0.6 is 11.6 Å². The first-order chi connectivity index (χ1) is 12.2. The molecule has 0 saturated carbocycles. The first kappa shape index (κ1) is 16.2. The molecule has 3 aromatic carbocycles. The van der Waals surface area contributed by atoms with E-state index in [1.165, 1.54) is 16.3 Å². The number of rotatable bonds is 4. The van der Waals surface area contributed by atoms with Gasteiger partial charge in [-0.25, -0.2) is 0 Å². The molecule has 3 nitrogen and oxygen atoms in total. The molecule has 1 N–H and O–H groups in total. The molecule has 1 aliphatic heterocycles. The van der Waals surface area contributed by atoms with E-state index in [9.17, 15) is 0 Å². The van der Waals surface area contributed by atoms with E-state index in [-0.39, 0.29) is 6.04 Å². The van der Waals surface area contributed by atoms with Crippen LogP contribution < -0.4 is 14.8 Å². The summed E-state index contributed by atoms with van der Waals surface area (Å²) in [6.07, 6.45) is 0.943. The van der Waals surface area contributed by atoms with Crippen molar-refractivity contribution in [1.29, 1.82) is 0 Å². The lowest BCUT2D eigenvalue weighted by Crippen LogP contribution is -2.26. The van der Waals surface area contributed by atoms with Crippen LogP contribution in [0.2, 0.25) is 5.02 Å². The minimum atomic E-state index is 0.258. The average Bonchev–Trinajstić information content (AvgIpc) is 2.66. The monoisotopic (exact) mass is 353 g/mol. The fourth-order valence-electron chi connectivity index (χ4n) is 3.35. The van der Waals surface area contributed by atoms with Gasteiger partial charge in [-0.1, -0.05) is 41.9 Å². The van der Waals surface area contributed by atoms with E-state index in [2.05, 4.69) is 41.7 Å². The summed E-state index contributed by atoms with van der Waals surface area (Å²) in [6, 6.07) is 18.9. The Labute approximate surface area is 152 Å². The van der Waals surface area contributed by atoms with Crippen molar-refractivity contribution in [1.82, 2.24) is 5.32 Å². The molecule has 25 heavy (non-hydrogen) atoms. The molecular weight excluding hydrogens is 334 g/mol.